The zero-order valence-electron chi connectivity index (χ0n) is 15.2. The lowest BCUT2D eigenvalue weighted by Crippen LogP contribution is -2.29. The average Bonchev–Trinajstić information content (AvgIpc) is 2.69. The standard InChI is InChI=1S/C21H23N3O3/c25-20-14-27-19-9-8-17(12-18(19)23-20)22-21(26)16-6-4-15(5-7-16)13-24-10-2-1-3-11-24/h4-9,12H,1-3,10-11,13-14H2,(H,22,26)(H,23,25). The Morgan fingerprint density at radius 2 is 1.85 bits per heavy atom. The summed E-state index contributed by atoms with van der Waals surface area (Å²) in [6.07, 6.45) is 3.87. The number of amides is 2. The second-order valence-electron chi connectivity index (χ2n) is 7.04. The highest BCUT2D eigenvalue weighted by atomic mass is 16.5. The summed E-state index contributed by atoms with van der Waals surface area (Å²) >= 11 is 0. The van der Waals surface area contributed by atoms with E-state index in [2.05, 4.69) is 15.5 Å². The van der Waals surface area contributed by atoms with E-state index in [1.54, 1.807) is 18.2 Å². The number of ether oxygens (including phenoxy) is 1. The van der Waals surface area contributed by atoms with Crippen LogP contribution in [0.2, 0.25) is 0 Å². The van der Waals surface area contributed by atoms with Gasteiger partial charge in [0.2, 0.25) is 0 Å². The molecule has 2 heterocycles. The number of hydrogen-bond donors (Lipinski definition) is 2. The Morgan fingerprint density at radius 3 is 2.63 bits per heavy atom. The van der Waals surface area contributed by atoms with Crippen molar-refractivity contribution < 1.29 is 14.3 Å². The summed E-state index contributed by atoms with van der Waals surface area (Å²) in [6.45, 7) is 3.26. The number of carbonyl (C=O) groups excluding carboxylic acids is 2. The Balaban J connectivity index is 1.39. The van der Waals surface area contributed by atoms with Gasteiger partial charge in [-0.05, 0) is 61.8 Å². The van der Waals surface area contributed by atoms with Gasteiger partial charge in [-0.2, -0.15) is 0 Å². The molecule has 0 spiro atoms. The van der Waals surface area contributed by atoms with Crippen molar-refractivity contribution in [2.75, 3.05) is 30.3 Å². The lowest BCUT2D eigenvalue weighted by Gasteiger charge is -2.26. The van der Waals surface area contributed by atoms with Crippen molar-refractivity contribution in [1.82, 2.24) is 4.90 Å². The summed E-state index contributed by atoms with van der Waals surface area (Å²) in [5.41, 5.74) is 3.01. The Bertz CT molecular complexity index is 842. The van der Waals surface area contributed by atoms with E-state index in [1.165, 1.54) is 24.8 Å². The smallest absolute Gasteiger partial charge is 0.262 e. The number of nitrogens with zero attached hydrogens (tertiary/aromatic N) is 1. The zero-order chi connectivity index (χ0) is 18.6. The quantitative estimate of drug-likeness (QED) is 0.873. The van der Waals surface area contributed by atoms with Crippen LogP contribution >= 0.6 is 0 Å². The van der Waals surface area contributed by atoms with Crippen LogP contribution in [0.4, 0.5) is 11.4 Å². The number of likely N-dealkylation sites (tertiary alicyclic amines) is 1. The molecule has 6 nitrogen and oxygen atoms in total. The van der Waals surface area contributed by atoms with Crippen molar-refractivity contribution in [3.63, 3.8) is 0 Å². The van der Waals surface area contributed by atoms with Gasteiger partial charge in [-0.1, -0.05) is 18.6 Å². The maximum Gasteiger partial charge on any atom is 0.262 e. The van der Waals surface area contributed by atoms with E-state index in [-0.39, 0.29) is 18.4 Å². The summed E-state index contributed by atoms with van der Waals surface area (Å²) in [6, 6.07) is 13.0. The number of piperidine rings is 1. The van der Waals surface area contributed by atoms with Crippen LogP contribution in [0, 0.1) is 0 Å². The molecule has 0 saturated carbocycles. The lowest BCUT2D eigenvalue weighted by molar-refractivity contribution is -0.118. The molecule has 6 heteroatoms. The molecule has 2 N–H and O–H groups in total. The van der Waals surface area contributed by atoms with Gasteiger partial charge in [0.15, 0.2) is 6.61 Å². The first-order valence-corrected chi connectivity index (χ1v) is 9.37. The molecule has 0 unspecified atom stereocenters. The van der Waals surface area contributed by atoms with Crippen LogP contribution in [-0.4, -0.2) is 36.4 Å². The zero-order valence-corrected chi connectivity index (χ0v) is 15.2. The minimum Gasteiger partial charge on any atom is -0.482 e. The maximum atomic E-state index is 12.5. The molecule has 0 atom stereocenters. The van der Waals surface area contributed by atoms with Crippen molar-refractivity contribution in [3.8, 4) is 5.75 Å². The van der Waals surface area contributed by atoms with Crippen LogP contribution in [0.1, 0.15) is 35.2 Å². The van der Waals surface area contributed by atoms with Crippen LogP contribution in [0.15, 0.2) is 42.5 Å². The fourth-order valence-electron chi connectivity index (χ4n) is 3.50. The van der Waals surface area contributed by atoms with Crippen LogP contribution in [0.25, 0.3) is 0 Å². The molecule has 140 valence electrons. The number of nitrogens with one attached hydrogen (secondary N) is 2. The third-order valence-corrected chi connectivity index (χ3v) is 4.94. The molecule has 0 aromatic heterocycles. The van der Waals surface area contributed by atoms with E-state index in [4.69, 9.17) is 4.74 Å². The summed E-state index contributed by atoms with van der Waals surface area (Å²) < 4.78 is 5.33. The Morgan fingerprint density at radius 1 is 1.07 bits per heavy atom. The monoisotopic (exact) mass is 365 g/mol. The van der Waals surface area contributed by atoms with E-state index in [1.807, 2.05) is 24.3 Å². The Labute approximate surface area is 158 Å². The van der Waals surface area contributed by atoms with Gasteiger partial charge in [0.05, 0.1) is 5.69 Å². The minimum atomic E-state index is -0.199. The fourth-order valence-corrected chi connectivity index (χ4v) is 3.50. The first-order chi connectivity index (χ1) is 13.2. The van der Waals surface area contributed by atoms with Gasteiger partial charge in [0.1, 0.15) is 5.75 Å². The molecule has 0 bridgehead atoms. The number of hydrogen-bond acceptors (Lipinski definition) is 4. The third kappa shape index (κ3) is 4.28. The largest absolute Gasteiger partial charge is 0.482 e. The van der Waals surface area contributed by atoms with Crippen molar-refractivity contribution in [1.29, 1.82) is 0 Å². The molecule has 2 amide bonds. The first kappa shape index (κ1) is 17.5. The molecule has 2 aliphatic heterocycles. The Kier molecular flexibility index (Phi) is 5.07. The molecule has 4 rings (SSSR count). The highest BCUT2D eigenvalue weighted by Gasteiger charge is 2.17. The normalized spacial score (nSPS) is 16.8. The van der Waals surface area contributed by atoms with Gasteiger partial charge in [0, 0.05) is 17.8 Å². The van der Waals surface area contributed by atoms with E-state index in [9.17, 15) is 9.59 Å². The van der Waals surface area contributed by atoms with Crippen LogP contribution in [0.5, 0.6) is 5.75 Å². The summed E-state index contributed by atoms with van der Waals surface area (Å²) in [5, 5.41) is 5.61. The summed E-state index contributed by atoms with van der Waals surface area (Å²) in [7, 11) is 0. The molecule has 2 aromatic carbocycles. The molecular weight excluding hydrogens is 342 g/mol. The van der Waals surface area contributed by atoms with Gasteiger partial charge in [-0.15, -0.1) is 0 Å². The highest BCUT2D eigenvalue weighted by Crippen LogP contribution is 2.30. The van der Waals surface area contributed by atoms with Crippen molar-refractivity contribution in [2.45, 2.75) is 25.8 Å². The van der Waals surface area contributed by atoms with Crippen LogP contribution < -0.4 is 15.4 Å². The molecule has 0 radical (unpaired) electrons. The average molecular weight is 365 g/mol. The predicted octanol–water partition coefficient (Wildman–Crippen LogP) is 3.26. The van der Waals surface area contributed by atoms with Crippen LogP contribution in [-0.2, 0) is 11.3 Å². The number of rotatable bonds is 4. The number of anilines is 2. The molecule has 2 aliphatic rings. The maximum absolute atomic E-state index is 12.5. The molecule has 1 saturated heterocycles. The second-order valence-corrected chi connectivity index (χ2v) is 7.04. The summed E-state index contributed by atoms with van der Waals surface area (Å²) in [5.74, 6) is 0.229. The van der Waals surface area contributed by atoms with Crippen molar-refractivity contribution in [2.24, 2.45) is 0 Å². The number of fused-ring (bicyclic) bond motifs is 1. The summed E-state index contributed by atoms with van der Waals surface area (Å²) in [4.78, 5) is 26.4. The Hall–Kier alpha value is -2.86. The van der Waals surface area contributed by atoms with Crippen molar-refractivity contribution in [3.05, 3.63) is 53.6 Å². The van der Waals surface area contributed by atoms with Gasteiger partial charge >= 0.3 is 0 Å². The van der Waals surface area contributed by atoms with Gasteiger partial charge in [0.25, 0.3) is 11.8 Å². The predicted molar refractivity (Wildman–Crippen MR) is 104 cm³/mol. The SMILES string of the molecule is O=C1COc2ccc(NC(=O)c3ccc(CN4CCCCC4)cc3)cc2N1. The molecule has 27 heavy (non-hydrogen) atoms. The van der Waals surface area contributed by atoms with Gasteiger partial charge in [-0.25, -0.2) is 0 Å². The first-order valence-electron chi connectivity index (χ1n) is 9.37. The molecule has 2 aromatic rings. The topological polar surface area (TPSA) is 70.7 Å². The van der Waals surface area contributed by atoms with Crippen molar-refractivity contribution >= 4 is 23.2 Å². The molecule has 0 aliphatic carbocycles. The van der Waals surface area contributed by atoms with E-state index in [0.717, 1.165) is 19.6 Å². The van der Waals surface area contributed by atoms with E-state index in [0.29, 0.717) is 22.7 Å². The highest BCUT2D eigenvalue weighted by molar-refractivity contribution is 6.05. The molecular formula is C21H23N3O3. The number of carbonyl (C=O) groups is 2. The fraction of sp³-hybridized carbons (Fsp3) is 0.333. The second kappa shape index (κ2) is 7.80. The van der Waals surface area contributed by atoms with Crippen LogP contribution in [0.3, 0.4) is 0 Å². The minimum absolute atomic E-state index is 0.0164. The van der Waals surface area contributed by atoms with E-state index >= 15 is 0 Å². The third-order valence-electron chi connectivity index (χ3n) is 4.94. The molecule has 1 fully saturated rings. The lowest BCUT2D eigenvalue weighted by atomic mass is 10.1. The van der Waals surface area contributed by atoms with Gasteiger partial charge < -0.3 is 15.4 Å². The van der Waals surface area contributed by atoms with Gasteiger partial charge in [-0.3, -0.25) is 14.5 Å². The van der Waals surface area contributed by atoms with E-state index < -0.39 is 0 Å². The number of benzene rings is 2.